The number of nitrogens with zero attached hydrogens (tertiary/aromatic N) is 7. The molecular formula is C26H31Cl2N7O. The van der Waals surface area contributed by atoms with E-state index in [1.54, 1.807) is 23.0 Å². The zero-order valence-electron chi connectivity index (χ0n) is 20.8. The molecule has 3 aromatic rings. The molecule has 10 heteroatoms. The van der Waals surface area contributed by atoms with Gasteiger partial charge >= 0.3 is 0 Å². The van der Waals surface area contributed by atoms with Crippen LogP contribution in [0.2, 0.25) is 10.0 Å². The van der Waals surface area contributed by atoms with Gasteiger partial charge < -0.3 is 14.9 Å². The van der Waals surface area contributed by atoms with Crippen molar-refractivity contribution in [2.75, 3.05) is 37.6 Å². The lowest BCUT2D eigenvalue weighted by molar-refractivity contribution is 0.0132. The van der Waals surface area contributed by atoms with Crippen molar-refractivity contribution in [2.24, 2.45) is 11.8 Å². The standard InChI is InChI=1S/C26H31Cl2N7O/c1-16(20-7-6-19(27)9-21(20)28)35-25-24(22(10-29)32-35)30-11-23(31-25)34-13-18(14-34)17-5-4-8-33(12-17)15-26(2,3)36/h6-7,9,11,16-18,36H,4-5,8,12-15H2,1-3H3/t16?,17-/m1/s1. The van der Waals surface area contributed by atoms with E-state index in [0.29, 0.717) is 39.6 Å². The van der Waals surface area contributed by atoms with Crippen LogP contribution < -0.4 is 4.90 Å². The summed E-state index contributed by atoms with van der Waals surface area (Å²) in [5.74, 6) is 2.01. The first-order valence-electron chi connectivity index (χ1n) is 12.4. The summed E-state index contributed by atoms with van der Waals surface area (Å²) in [6, 6.07) is 7.26. The van der Waals surface area contributed by atoms with Gasteiger partial charge in [-0.3, -0.25) is 0 Å². The number of aliphatic hydroxyl groups is 1. The Morgan fingerprint density at radius 3 is 2.69 bits per heavy atom. The van der Waals surface area contributed by atoms with Gasteiger partial charge in [-0.05, 0) is 69.7 Å². The number of benzene rings is 1. The highest BCUT2D eigenvalue weighted by molar-refractivity contribution is 6.35. The van der Waals surface area contributed by atoms with Gasteiger partial charge in [0.05, 0.1) is 17.8 Å². The van der Waals surface area contributed by atoms with Crippen LogP contribution in [0.1, 0.15) is 50.9 Å². The molecule has 4 heterocycles. The quantitative estimate of drug-likeness (QED) is 0.502. The van der Waals surface area contributed by atoms with Crippen molar-refractivity contribution in [3.05, 3.63) is 45.7 Å². The molecule has 8 nitrogen and oxygen atoms in total. The van der Waals surface area contributed by atoms with E-state index in [1.807, 2.05) is 26.8 Å². The molecule has 0 bridgehead atoms. The average Bonchev–Trinajstić information content (AvgIpc) is 3.15. The lowest BCUT2D eigenvalue weighted by Crippen LogP contribution is -2.54. The smallest absolute Gasteiger partial charge is 0.190 e. The molecular weight excluding hydrogens is 497 g/mol. The molecule has 2 aliphatic heterocycles. The molecule has 1 N–H and O–H groups in total. The predicted molar refractivity (Wildman–Crippen MR) is 141 cm³/mol. The maximum atomic E-state index is 10.2. The van der Waals surface area contributed by atoms with Gasteiger partial charge in [0, 0.05) is 36.2 Å². The zero-order chi connectivity index (χ0) is 25.6. The number of aromatic nitrogens is 4. The molecule has 2 aliphatic rings. The highest BCUT2D eigenvalue weighted by Gasteiger charge is 2.37. The van der Waals surface area contributed by atoms with E-state index in [0.717, 1.165) is 37.6 Å². The third-order valence-corrected chi connectivity index (χ3v) is 7.89. The van der Waals surface area contributed by atoms with Crippen LogP contribution in [0.25, 0.3) is 11.2 Å². The SMILES string of the molecule is CC(c1ccc(Cl)cc1Cl)n1nc(C#N)c2ncc(N3CC([C@@H]4CCCN(CC(C)(C)O)C4)C3)nc21. The van der Waals surface area contributed by atoms with Crippen molar-refractivity contribution in [1.29, 1.82) is 5.26 Å². The van der Waals surface area contributed by atoms with Gasteiger partial charge in [-0.25, -0.2) is 14.6 Å². The molecule has 2 saturated heterocycles. The molecule has 2 aromatic heterocycles. The largest absolute Gasteiger partial charge is 0.389 e. The summed E-state index contributed by atoms with van der Waals surface area (Å²) in [6.07, 6.45) is 4.14. The number of rotatable bonds is 6. The van der Waals surface area contributed by atoms with Gasteiger partial charge in [0.1, 0.15) is 17.4 Å². The fraction of sp³-hybridized carbons (Fsp3) is 0.538. The van der Waals surface area contributed by atoms with Crippen molar-refractivity contribution in [1.82, 2.24) is 24.6 Å². The van der Waals surface area contributed by atoms with Gasteiger partial charge in [0.15, 0.2) is 11.3 Å². The number of fused-ring (bicyclic) bond motifs is 1. The third kappa shape index (κ3) is 5.03. The molecule has 5 rings (SSSR count). The number of hydrogen-bond acceptors (Lipinski definition) is 7. The van der Waals surface area contributed by atoms with E-state index in [9.17, 15) is 10.4 Å². The molecule has 0 aliphatic carbocycles. The van der Waals surface area contributed by atoms with Crippen LogP contribution in [0.3, 0.4) is 0 Å². The molecule has 2 atom stereocenters. The van der Waals surface area contributed by atoms with Crippen molar-refractivity contribution in [2.45, 2.75) is 45.3 Å². The number of nitriles is 1. The second-order valence-electron chi connectivity index (χ2n) is 10.8. The molecule has 0 radical (unpaired) electrons. The Balaban J connectivity index is 1.35. The fourth-order valence-corrected chi connectivity index (χ4v) is 6.10. The molecule has 1 unspecified atom stereocenters. The van der Waals surface area contributed by atoms with Crippen LogP contribution in [-0.2, 0) is 0 Å². The Kier molecular flexibility index (Phi) is 6.86. The Morgan fingerprint density at radius 1 is 1.22 bits per heavy atom. The number of β-amino-alcohol motifs (C(OH)–C–C–N with tert-alkyl or cyclic N) is 1. The summed E-state index contributed by atoms with van der Waals surface area (Å²) in [4.78, 5) is 14.1. The monoisotopic (exact) mass is 527 g/mol. The normalized spacial score (nSPS) is 20.4. The fourth-order valence-electron chi connectivity index (χ4n) is 5.53. The molecule has 190 valence electrons. The van der Waals surface area contributed by atoms with Crippen molar-refractivity contribution in [3.63, 3.8) is 0 Å². The van der Waals surface area contributed by atoms with Crippen LogP contribution in [-0.4, -0.2) is 68.1 Å². The second kappa shape index (κ2) is 9.79. The first kappa shape index (κ1) is 25.2. The van der Waals surface area contributed by atoms with E-state index < -0.39 is 5.60 Å². The third-order valence-electron chi connectivity index (χ3n) is 7.33. The number of likely N-dealkylation sites (tertiary alicyclic amines) is 1. The summed E-state index contributed by atoms with van der Waals surface area (Å²) in [5, 5.41) is 25.5. The number of piperidine rings is 1. The van der Waals surface area contributed by atoms with E-state index >= 15 is 0 Å². The summed E-state index contributed by atoms with van der Waals surface area (Å²) in [7, 11) is 0. The molecule has 0 spiro atoms. The average molecular weight is 528 g/mol. The number of anilines is 1. The van der Waals surface area contributed by atoms with Crippen LogP contribution in [0, 0.1) is 23.2 Å². The minimum Gasteiger partial charge on any atom is -0.389 e. The summed E-state index contributed by atoms with van der Waals surface area (Å²) in [6.45, 7) is 10.4. The molecule has 1 aromatic carbocycles. The van der Waals surface area contributed by atoms with Gasteiger partial charge in [-0.2, -0.15) is 10.4 Å². The van der Waals surface area contributed by atoms with Gasteiger partial charge in [-0.15, -0.1) is 0 Å². The Bertz CT molecular complexity index is 1310. The molecule has 2 fully saturated rings. The lowest BCUT2D eigenvalue weighted by Gasteiger charge is -2.47. The van der Waals surface area contributed by atoms with E-state index in [-0.39, 0.29) is 11.7 Å². The van der Waals surface area contributed by atoms with Crippen LogP contribution >= 0.6 is 23.2 Å². The predicted octanol–water partition coefficient (Wildman–Crippen LogP) is 4.53. The van der Waals surface area contributed by atoms with Crippen molar-refractivity contribution in [3.8, 4) is 6.07 Å². The maximum absolute atomic E-state index is 10.2. The maximum Gasteiger partial charge on any atom is 0.190 e. The van der Waals surface area contributed by atoms with Crippen LogP contribution in [0.4, 0.5) is 5.82 Å². The topological polar surface area (TPSA) is 94.1 Å². The van der Waals surface area contributed by atoms with Crippen molar-refractivity contribution >= 4 is 40.2 Å². The minimum atomic E-state index is -0.669. The van der Waals surface area contributed by atoms with E-state index in [4.69, 9.17) is 28.2 Å². The first-order valence-corrected chi connectivity index (χ1v) is 13.2. The van der Waals surface area contributed by atoms with Gasteiger partial charge in [-0.1, -0.05) is 29.3 Å². The Morgan fingerprint density at radius 2 is 2.00 bits per heavy atom. The summed E-state index contributed by atoms with van der Waals surface area (Å²) < 4.78 is 1.73. The summed E-state index contributed by atoms with van der Waals surface area (Å²) in [5.41, 5.74) is 1.48. The molecule has 36 heavy (non-hydrogen) atoms. The molecule has 0 amide bonds. The Labute approximate surface area is 221 Å². The minimum absolute atomic E-state index is 0.247. The first-order chi connectivity index (χ1) is 17.1. The highest BCUT2D eigenvalue weighted by Crippen LogP contribution is 2.35. The van der Waals surface area contributed by atoms with Crippen LogP contribution in [0.15, 0.2) is 24.4 Å². The van der Waals surface area contributed by atoms with Crippen LogP contribution in [0.5, 0.6) is 0 Å². The molecule has 0 saturated carbocycles. The lowest BCUT2D eigenvalue weighted by atomic mass is 9.80. The highest BCUT2D eigenvalue weighted by atomic mass is 35.5. The van der Waals surface area contributed by atoms with Crippen molar-refractivity contribution < 1.29 is 5.11 Å². The number of halogens is 2. The second-order valence-corrected chi connectivity index (χ2v) is 11.6. The zero-order valence-corrected chi connectivity index (χ0v) is 22.3. The Hall–Kier alpha value is -2.44. The van der Waals surface area contributed by atoms with E-state index in [2.05, 4.69) is 26.0 Å². The number of hydrogen-bond donors (Lipinski definition) is 1. The van der Waals surface area contributed by atoms with Gasteiger partial charge in [0.2, 0.25) is 0 Å². The van der Waals surface area contributed by atoms with Gasteiger partial charge in [0.25, 0.3) is 0 Å². The van der Waals surface area contributed by atoms with E-state index in [1.165, 1.54) is 12.8 Å². The summed E-state index contributed by atoms with van der Waals surface area (Å²) >= 11 is 12.5.